The highest BCUT2D eigenvalue weighted by molar-refractivity contribution is 7.23. The van der Waals surface area contributed by atoms with Gasteiger partial charge in [-0.3, -0.25) is 10.1 Å². The van der Waals surface area contributed by atoms with Gasteiger partial charge < -0.3 is 0 Å². The van der Waals surface area contributed by atoms with Crippen LogP contribution in [0.5, 0.6) is 0 Å². The van der Waals surface area contributed by atoms with Crippen molar-refractivity contribution in [1.82, 2.24) is 10.2 Å². The van der Waals surface area contributed by atoms with Gasteiger partial charge in [0.25, 0.3) is 5.91 Å². The first-order valence-electron chi connectivity index (χ1n) is 5.47. The van der Waals surface area contributed by atoms with E-state index in [0.717, 1.165) is 9.88 Å². The van der Waals surface area contributed by atoms with E-state index in [1.54, 1.807) is 17.4 Å². The average molecular weight is 307 g/mol. The fourth-order valence-electron chi connectivity index (χ4n) is 1.52. The van der Waals surface area contributed by atoms with Gasteiger partial charge in [0.15, 0.2) is 5.01 Å². The number of anilines is 1. The third-order valence-electron chi connectivity index (χ3n) is 2.45. The molecule has 1 amide bonds. The Morgan fingerprint density at radius 2 is 2.11 bits per heavy atom. The van der Waals surface area contributed by atoms with Crippen LogP contribution in [-0.4, -0.2) is 16.1 Å². The fraction of sp³-hybridized carbons (Fsp3) is 0.0833. The molecule has 0 aliphatic rings. The number of nitrogens with zero attached hydrogens (tertiary/aromatic N) is 2. The molecule has 3 aromatic rings. The van der Waals surface area contributed by atoms with E-state index in [2.05, 4.69) is 15.5 Å². The third kappa shape index (κ3) is 2.58. The Morgan fingerprint density at radius 1 is 1.21 bits per heavy atom. The van der Waals surface area contributed by atoms with Gasteiger partial charge in [-0.05, 0) is 35.4 Å². The number of carbonyl (C=O) groups is 1. The van der Waals surface area contributed by atoms with Gasteiger partial charge in [0.2, 0.25) is 5.13 Å². The van der Waals surface area contributed by atoms with Gasteiger partial charge in [0.05, 0.1) is 9.75 Å². The van der Waals surface area contributed by atoms with E-state index in [1.165, 1.54) is 28.2 Å². The number of aromatic nitrogens is 2. The third-order valence-corrected chi connectivity index (χ3v) is 5.32. The first kappa shape index (κ1) is 12.5. The van der Waals surface area contributed by atoms with Gasteiger partial charge >= 0.3 is 0 Å². The number of nitrogens with one attached hydrogen (secondary N) is 1. The van der Waals surface area contributed by atoms with Crippen LogP contribution in [0.3, 0.4) is 0 Å². The summed E-state index contributed by atoms with van der Waals surface area (Å²) < 4.78 is 0. The number of hydrogen-bond donors (Lipinski definition) is 1. The molecule has 0 unspecified atom stereocenters. The van der Waals surface area contributed by atoms with Crippen molar-refractivity contribution in [2.75, 3.05) is 5.32 Å². The summed E-state index contributed by atoms with van der Waals surface area (Å²) in [5, 5.41) is 16.2. The zero-order chi connectivity index (χ0) is 13.2. The van der Waals surface area contributed by atoms with Crippen LogP contribution < -0.4 is 5.32 Å². The monoisotopic (exact) mass is 307 g/mol. The van der Waals surface area contributed by atoms with E-state index in [9.17, 15) is 4.79 Å². The lowest BCUT2D eigenvalue weighted by molar-refractivity contribution is 0.103. The summed E-state index contributed by atoms with van der Waals surface area (Å²) in [7, 11) is 0. The molecule has 0 spiro atoms. The molecule has 7 heteroatoms. The smallest absolute Gasteiger partial charge is 0.267 e. The van der Waals surface area contributed by atoms with Gasteiger partial charge in [-0.2, -0.15) is 0 Å². The minimum Gasteiger partial charge on any atom is -0.296 e. The molecule has 0 fully saturated rings. The molecule has 0 aliphatic carbocycles. The van der Waals surface area contributed by atoms with Gasteiger partial charge in [-0.15, -0.1) is 32.9 Å². The second-order valence-corrected chi connectivity index (χ2v) is 6.62. The lowest BCUT2D eigenvalue weighted by Crippen LogP contribution is -2.09. The molecule has 3 heterocycles. The zero-order valence-corrected chi connectivity index (χ0v) is 12.4. The molecule has 0 saturated carbocycles. The molecule has 3 aromatic heterocycles. The van der Waals surface area contributed by atoms with Gasteiger partial charge in [0.1, 0.15) is 0 Å². The highest BCUT2D eigenvalue weighted by atomic mass is 32.1. The maximum atomic E-state index is 11.9. The number of aryl methyl sites for hydroxylation is 1. The molecular formula is C12H9N3OS3. The van der Waals surface area contributed by atoms with E-state index in [0.29, 0.717) is 10.0 Å². The molecule has 3 rings (SSSR count). The SMILES string of the molecule is Cc1ccsc1-c1nnc(NC(=O)c2cccs2)s1. The Labute approximate surface area is 121 Å². The number of carbonyl (C=O) groups excluding carboxylic acids is 1. The second-order valence-electron chi connectivity index (χ2n) is 3.78. The van der Waals surface area contributed by atoms with E-state index in [-0.39, 0.29) is 5.91 Å². The van der Waals surface area contributed by atoms with Gasteiger partial charge in [0, 0.05) is 0 Å². The van der Waals surface area contributed by atoms with E-state index in [1.807, 2.05) is 29.8 Å². The van der Waals surface area contributed by atoms with Crippen molar-refractivity contribution >= 4 is 45.0 Å². The lowest BCUT2D eigenvalue weighted by Gasteiger charge is -1.96. The molecule has 1 N–H and O–H groups in total. The van der Waals surface area contributed by atoms with Crippen LogP contribution in [0.4, 0.5) is 5.13 Å². The molecule has 0 aromatic carbocycles. The van der Waals surface area contributed by atoms with E-state index >= 15 is 0 Å². The number of hydrogen-bond acceptors (Lipinski definition) is 6. The van der Waals surface area contributed by atoms with Crippen molar-refractivity contribution in [2.45, 2.75) is 6.92 Å². The molecule has 0 aliphatic heterocycles. The lowest BCUT2D eigenvalue weighted by atomic mass is 10.3. The number of amides is 1. The van der Waals surface area contributed by atoms with Crippen molar-refractivity contribution in [3.05, 3.63) is 39.4 Å². The first-order chi connectivity index (χ1) is 9.24. The van der Waals surface area contributed by atoms with Crippen LogP contribution >= 0.6 is 34.0 Å². The summed E-state index contributed by atoms with van der Waals surface area (Å²) in [6.45, 7) is 2.04. The van der Waals surface area contributed by atoms with E-state index in [4.69, 9.17) is 0 Å². The number of rotatable bonds is 3. The Bertz CT molecular complexity index is 699. The van der Waals surface area contributed by atoms with Gasteiger partial charge in [-0.1, -0.05) is 17.4 Å². The molecule has 96 valence electrons. The molecule has 4 nitrogen and oxygen atoms in total. The summed E-state index contributed by atoms with van der Waals surface area (Å²) in [6, 6.07) is 5.68. The highest BCUT2D eigenvalue weighted by Gasteiger charge is 2.13. The largest absolute Gasteiger partial charge is 0.296 e. The topological polar surface area (TPSA) is 54.9 Å². The molecule has 0 atom stereocenters. The average Bonchev–Trinajstić information content (AvgIpc) is 3.08. The minimum absolute atomic E-state index is 0.138. The summed E-state index contributed by atoms with van der Waals surface area (Å²) in [6.07, 6.45) is 0. The van der Waals surface area contributed by atoms with Crippen molar-refractivity contribution in [2.24, 2.45) is 0 Å². The van der Waals surface area contributed by atoms with Crippen LogP contribution in [0.2, 0.25) is 0 Å². The highest BCUT2D eigenvalue weighted by Crippen LogP contribution is 2.33. The summed E-state index contributed by atoms with van der Waals surface area (Å²) in [5.74, 6) is -0.138. The maximum absolute atomic E-state index is 11.9. The molecule has 19 heavy (non-hydrogen) atoms. The van der Waals surface area contributed by atoms with Crippen molar-refractivity contribution < 1.29 is 4.79 Å². The Morgan fingerprint density at radius 3 is 2.79 bits per heavy atom. The zero-order valence-electron chi connectivity index (χ0n) is 9.91. The quantitative estimate of drug-likeness (QED) is 0.798. The first-order valence-corrected chi connectivity index (χ1v) is 8.04. The summed E-state index contributed by atoms with van der Waals surface area (Å²) in [4.78, 5) is 13.7. The standard InChI is InChI=1S/C12H9N3OS3/c1-7-4-6-18-9(7)11-14-15-12(19-11)13-10(16)8-3-2-5-17-8/h2-6H,1H3,(H,13,15,16). The Balaban J connectivity index is 1.79. The van der Waals surface area contributed by atoms with Crippen molar-refractivity contribution in [3.63, 3.8) is 0 Å². The molecule has 0 radical (unpaired) electrons. The van der Waals surface area contributed by atoms with Crippen LogP contribution in [0.15, 0.2) is 29.0 Å². The van der Waals surface area contributed by atoms with Gasteiger partial charge in [-0.25, -0.2) is 0 Å². The Kier molecular flexibility index (Phi) is 3.41. The maximum Gasteiger partial charge on any atom is 0.267 e. The normalized spacial score (nSPS) is 10.6. The fourth-order valence-corrected chi connectivity index (χ4v) is 3.96. The van der Waals surface area contributed by atoms with E-state index < -0.39 is 0 Å². The predicted molar refractivity (Wildman–Crippen MR) is 80.2 cm³/mol. The second kappa shape index (κ2) is 5.20. The van der Waals surface area contributed by atoms with Crippen LogP contribution in [0, 0.1) is 6.92 Å². The molecular weight excluding hydrogens is 298 g/mol. The van der Waals surface area contributed by atoms with Crippen LogP contribution in [0.25, 0.3) is 9.88 Å². The summed E-state index contributed by atoms with van der Waals surface area (Å²) in [5.41, 5.74) is 1.18. The Hall–Kier alpha value is -1.57. The van der Waals surface area contributed by atoms with Crippen molar-refractivity contribution in [3.8, 4) is 9.88 Å². The predicted octanol–water partition coefficient (Wildman–Crippen LogP) is 3.89. The molecule has 0 bridgehead atoms. The van der Waals surface area contributed by atoms with Crippen molar-refractivity contribution in [1.29, 1.82) is 0 Å². The summed E-state index contributed by atoms with van der Waals surface area (Å²) >= 11 is 4.42. The number of thiophene rings is 2. The van der Waals surface area contributed by atoms with Crippen LogP contribution in [-0.2, 0) is 0 Å². The molecule has 0 saturated heterocycles. The van der Waals surface area contributed by atoms with Crippen LogP contribution in [0.1, 0.15) is 15.2 Å². The minimum atomic E-state index is -0.138.